The van der Waals surface area contributed by atoms with Crippen LogP contribution in [-0.4, -0.2) is 43.4 Å². The standard InChI is InChI=1S/C30H41NO6/c1-24(2)10-12-29(23(34)35)13-11-27(5)26(4)9-8-18-25(3,15-17(31-7)22(33)28(18,6)36)19(26)14-21(32)30(27,37)20(29)16-24/h14,18,20,33,36-37H,8-13,15-16H2,1-6H3,(H,34,35)/t18-,20-,25+,26-,27+,28+,29+,30-/m1/s1. The fraction of sp³-hybridized carbons (Fsp3) is 0.767. The highest BCUT2D eigenvalue weighted by Crippen LogP contribution is 2.75. The number of aliphatic carboxylic acids is 1. The Morgan fingerprint density at radius 3 is 2.22 bits per heavy atom. The second-order valence-corrected chi connectivity index (χ2v) is 14.5. The molecule has 0 saturated heterocycles. The lowest BCUT2D eigenvalue weighted by molar-refractivity contribution is -0.249. The Kier molecular flexibility index (Phi) is 5.19. The summed E-state index contributed by atoms with van der Waals surface area (Å²) in [7, 11) is 0. The predicted octanol–water partition coefficient (Wildman–Crippen LogP) is 5.19. The number of nitrogens with zero attached hydrogens (tertiary/aromatic N) is 1. The van der Waals surface area contributed by atoms with Gasteiger partial charge in [-0.05, 0) is 80.6 Å². The van der Waals surface area contributed by atoms with Gasteiger partial charge in [-0.1, -0.05) is 40.2 Å². The maximum absolute atomic E-state index is 14.3. The van der Waals surface area contributed by atoms with Crippen molar-refractivity contribution in [2.75, 3.05) is 0 Å². The highest BCUT2D eigenvalue weighted by molar-refractivity contribution is 6.01. The van der Waals surface area contributed by atoms with Crippen molar-refractivity contribution in [3.05, 3.63) is 34.5 Å². The molecule has 5 aliphatic rings. The first-order valence-electron chi connectivity index (χ1n) is 13.6. The molecule has 0 aromatic rings. The first kappa shape index (κ1) is 26.4. The minimum atomic E-state index is -1.83. The maximum Gasteiger partial charge on any atom is 0.310 e. The molecule has 0 heterocycles. The van der Waals surface area contributed by atoms with E-state index in [1.807, 2.05) is 13.8 Å². The number of carboxylic acids is 1. The summed E-state index contributed by atoms with van der Waals surface area (Å²) < 4.78 is 0. The summed E-state index contributed by atoms with van der Waals surface area (Å²) in [6.45, 7) is 19.4. The number of allylic oxidation sites excluding steroid dienone is 2. The van der Waals surface area contributed by atoms with E-state index in [-0.39, 0.29) is 23.3 Å². The summed E-state index contributed by atoms with van der Waals surface area (Å²) in [6, 6.07) is 0. The molecule has 202 valence electrons. The smallest absolute Gasteiger partial charge is 0.310 e. The Hall–Kier alpha value is -2.17. The SMILES string of the molecule is [C-]#[N+]C1=C(O)[C@@](C)(O)[C@@H]2CC[C@]3(C)C(=CC(=O)[C@]4(O)[C@@H]5CC(C)(C)CC[C@]5(C(=O)O)CC[C@@]34C)[C@@]2(C)C1. The van der Waals surface area contributed by atoms with E-state index in [4.69, 9.17) is 6.57 Å². The third kappa shape index (κ3) is 2.84. The lowest BCUT2D eigenvalue weighted by Crippen LogP contribution is -2.75. The highest BCUT2D eigenvalue weighted by atomic mass is 16.4. The molecule has 5 rings (SSSR count). The van der Waals surface area contributed by atoms with Crippen LogP contribution in [0, 0.1) is 45.5 Å². The average molecular weight is 512 g/mol. The van der Waals surface area contributed by atoms with E-state index in [0.29, 0.717) is 38.5 Å². The van der Waals surface area contributed by atoms with Crippen LogP contribution in [0.4, 0.5) is 0 Å². The van der Waals surface area contributed by atoms with E-state index in [9.17, 15) is 30.0 Å². The molecule has 3 fully saturated rings. The first-order valence-corrected chi connectivity index (χ1v) is 13.6. The van der Waals surface area contributed by atoms with Gasteiger partial charge in [-0.25, -0.2) is 4.85 Å². The lowest BCUT2D eigenvalue weighted by atomic mass is 9.33. The minimum absolute atomic E-state index is 0.106. The molecule has 0 spiro atoms. The van der Waals surface area contributed by atoms with Gasteiger partial charge in [0.25, 0.3) is 0 Å². The second kappa shape index (κ2) is 7.27. The van der Waals surface area contributed by atoms with Crippen molar-refractivity contribution < 1.29 is 30.0 Å². The molecule has 3 saturated carbocycles. The number of ketones is 1. The summed E-state index contributed by atoms with van der Waals surface area (Å²) in [6.07, 6.45) is 5.34. The Labute approximate surface area is 219 Å². The quantitative estimate of drug-likeness (QED) is 0.360. The maximum atomic E-state index is 14.3. The van der Waals surface area contributed by atoms with Crippen molar-refractivity contribution in [2.24, 2.45) is 38.9 Å². The second-order valence-electron chi connectivity index (χ2n) is 14.5. The molecule has 0 aliphatic heterocycles. The van der Waals surface area contributed by atoms with Gasteiger partial charge in [0.05, 0.1) is 12.0 Å². The first-order chi connectivity index (χ1) is 16.9. The van der Waals surface area contributed by atoms with Crippen LogP contribution in [-0.2, 0) is 9.59 Å². The van der Waals surface area contributed by atoms with Gasteiger partial charge in [-0.15, -0.1) is 0 Å². The van der Waals surface area contributed by atoms with Crippen LogP contribution in [0.25, 0.3) is 4.85 Å². The van der Waals surface area contributed by atoms with Gasteiger partial charge in [0, 0.05) is 17.3 Å². The number of hydrogen-bond donors (Lipinski definition) is 4. The Morgan fingerprint density at radius 1 is 1.00 bits per heavy atom. The van der Waals surface area contributed by atoms with Crippen molar-refractivity contribution in [3.63, 3.8) is 0 Å². The Morgan fingerprint density at radius 2 is 1.62 bits per heavy atom. The number of aliphatic hydroxyl groups excluding tert-OH is 1. The third-order valence-corrected chi connectivity index (χ3v) is 12.4. The monoisotopic (exact) mass is 511 g/mol. The van der Waals surface area contributed by atoms with Crippen LogP contribution < -0.4 is 0 Å². The van der Waals surface area contributed by atoms with Gasteiger partial charge in [0.1, 0.15) is 17.0 Å². The summed E-state index contributed by atoms with van der Waals surface area (Å²) in [5.41, 5.74) is -6.18. The number of carbonyl (C=O) groups is 2. The van der Waals surface area contributed by atoms with Gasteiger partial charge in [-0.2, -0.15) is 0 Å². The highest BCUT2D eigenvalue weighted by Gasteiger charge is 2.77. The summed E-state index contributed by atoms with van der Waals surface area (Å²) >= 11 is 0. The molecule has 7 heteroatoms. The molecule has 0 bridgehead atoms. The van der Waals surface area contributed by atoms with Crippen molar-refractivity contribution in [1.29, 1.82) is 0 Å². The van der Waals surface area contributed by atoms with E-state index in [0.717, 1.165) is 12.0 Å². The Balaban J connectivity index is 1.73. The number of carbonyl (C=O) groups excluding carboxylic acids is 1. The molecular formula is C30H41NO6. The zero-order valence-corrected chi connectivity index (χ0v) is 22.9. The fourth-order valence-corrected chi connectivity index (χ4v) is 9.93. The number of rotatable bonds is 1. The summed E-state index contributed by atoms with van der Waals surface area (Å²) in [5, 5.41) is 45.3. The number of fused-ring (bicyclic) bond motifs is 7. The number of hydrogen-bond acceptors (Lipinski definition) is 5. The van der Waals surface area contributed by atoms with Crippen molar-refractivity contribution in [2.45, 2.75) is 104 Å². The van der Waals surface area contributed by atoms with E-state index in [1.165, 1.54) is 0 Å². The van der Waals surface area contributed by atoms with Crippen LogP contribution in [0.3, 0.4) is 0 Å². The van der Waals surface area contributed by atoms with Crippen LogP contribution in [0.1, 0.15) is 92.9 Å². The predicted molar refractivity (Wildman–Crippen MR) is 137 cm³/mol. The topological polar surface area (TPSA) is 119 Å². The third-order valence-electron chi connectivity index (χ3n) is 12.4. The lowest BCUT2D eigenvalue weighted by Gasteiger charge is -2.71. The molecule has 5 aliphatic carbocycles. The Bertz CT molecular complexity index is 1210. The van der Waals surface area contributed by atoms with E-state index in [2.05, 4.69) is 25.6 Å². The van der Waals surface area contributed by atoms with Gasteiger partial charge < -0.3 is 20.4 Å². The number of aliphatic hydroxyl groups is 3. The normalized spacial score (nSPS) is 50.6. The summed E-state index contributed by atoms with van der Waals surface area (Å²) in [5.74, 6) is -2.75. The fourth-order valence-electron chi connectivity index (χ4n) is 9.93. The molecular weight excluding hydrogens is 470 g/mol. The molecule has 0 unspecified atom stereocenters. The molecule has 0 aromatic carbocycles. The van der Waals surface area contributed by atoms with E-state index in [1.54, 1.807) is 13.0 Å². The molecule has 7 nitrogen and oxygen atoms in total. The van der Waals surface area contributed by atoms with Gasteiger partial charge in [0.2, 0.25) is 5.70 Å². The van der Waals surface area contributed by atoms with Crippen LogP contribution in [0.2, 0.25) is 0 Å². The van der Waals surface area contributed by atoms with Crippen molar-refractivity contribution in [3.8, 4) is 0 Å². The van der Waals surface area contributed by atoms with Crippen LogP contribution >= 0.6 is 0 Å². The molecule has 4 N–H and O–H groups in total. The zero-order valence-electron chi connectivity index (χ0n) is 22.9. The van der Waals surface area contributed by atoms with Gasteiger partial charge in [0.15, 0.2) is 5.78 Å². The molecule has 0 aromatic heterocycles. The van der Waals surface area contributed by atoms with Crippen LogP contribution in [0.5, 0.6) is 0 Å². The molecule has 0 amide bonds. The molecule has 0 radical (unpaired) electrons. The summed E-state index contributed by atoms with van der Waals surface area (Å²) in [4.78, 5) is 30.6. The van der Waals surface area contributed by atoms with Crippen LogP contribution in [0.15, 0.2) is 23.1 Å². The molecule has 37 heavy (non-hydrogen) atoms. The van der Waals surface area contributed by atoms with Crippen molar-refractivity contribution >= 4 is 11.8 Å². The number of carboxylic acid groups (broad SMARTS) is 1. The molecule has 8 atom stereocenters. The average Bonchev–Trinajstić information content (AvgIpc) is 2.80. The van der Waals surface area contributed by atoms with E-state index >= 15 is 0 Å². The van der Waals surface area contributed by atoms with Gasteiger partial charge >= 0.3 is 5.97 Å². The largest absolute Gasteiger partial charge is 0.521 e. The van der Waals surface area contributed by atoms with Gasteiger partial charge in [-0.3, -0.25) is 9.59 Å². The van der Waals surface area contributed by atoms with Crippen molar-refractivity contribution in [1.82, 2.24) is 0 Å². The minimum Gasteiger partial charge on any atom is -0.521 e. The zero-order chi connectivity index (χ0) is 27.6. The van der Waals surface area contributed by atoms with E-state index < -0.39 is 56.5 Å².